The van der Waals surface area contributed by atoms with Crippen LogP contribution < -0.4 is 5.32 Å². The van der Waals surface area contributed by atoms with Crippen molar-refractivity contribution < 1.29 is 4.42 Å². The Morgan fingerprint density at radius 3 is 2.95 bits per heavy atom. The fraction of sp³-hybridized carbons (Fsp3) is 0.438. The van der Waals surface area contributed by atoms with Crippen molar-refractivity contribution in [2.45, 2.75) is 25.7 Å². The largest absolute Gasteiger partial charge is 0.449 e. The molecular weight excluding hydrogens is 236 g/mol. The molecule has 3 nitrogen and oxygen atoms in total. The molecule has 0 spiro atoms. The SMILES string of the molecule is c1ccc(Cc2coc(CC3CCCNC3)n2)cc1. The fourth-order valence-corrected chi connectivity index (χ4v) is 2.67. The van der Waals surface area contributed by atoms with Gasteiger partial charge < -0.3 is 9.73 Å². The molecule has 0 radical (unpaired) electrons. The van der Waals surface area contributed by atoms with Crippen LogP contribution in [0.25, 0.3) is 0 Å². The molecule has 1 fully saturated rings. The van der Waals surface area contributed by atoms with E-state index in [0.717, 1.165) is 37.5 Å². The number of rotatable bonds is 4. The lowest BCUT2D eigenvalue weighted by atomic mass is 9.96. The molecule has 19 heavy (non-hydrogen) atoms. The number of aromatic nitrogens is 1. The minimum Gasteiger partial charge on any atom is -0.449 e. The van der Waals surface area contributed by atoms with E-state index in [0.29, 0.717) is 5.92 Å². The van der Waals surface area contributed by atoms with Gasteiger partial charge in [-0.1, -0.05) is 30.3 Å². The third-order valence-electron chi connectivity index (χ3n) is 3.69. The molecule has 2 heterocycles. The molecule has 3 heteroatoms. The highest BCUT2D eigenvalue weighted by atomic mass is 16.3. The Labute approximate surface area is 114 Å². The molecule has 0 aliphatic carbocycles. The van der Waals surface area contributed by atoms with Crippen LogP contribution >= 0.6 is 0 Å². The Bertz CT molecular complexity index is 500. The molecular formula is C16H20N2O. The summed E-state index contributed by atoms with van der Waals surface area (Å²) in [6, 6.07) is 10.4. The van der Waals surface area contributed by atoms with Crippen LogP contribution in [-0.2, 0) is 12.8 Å². The first-order valence-electron chi connectivity index (χ1n) is 7.08. The number of benzene rings is 1. The lowest BCUT2D eigenvalue weighted by Crippen LogP contribution is -2.30. The summed E-state index contributed by atoms with van der Waals surface area (Å²) in [4.78, 5) is 4.61. The van der Waals surface area contributed by atoms with Gasteiger partial charge in [-0.25, -0.2) is 4.98 Å². The lowest BCUT2D eigenvalue weighted by Gasteiger charge is -2.21. The van der Waals surface area contributed by atoms with E-state index in [2.05, 4.69) is 34.6 Å². The molecule has 1 atom stereocenters. The van der Waals surface area contributed by atoms with Crippen LogP contribution in [0.4, 0.5) is 0 Å². The minimum absolute atomic E-state index is 0.678. The van der Waals surface area contributed by atoms with Crippen molar-refractivity contribution in [1.82, 2.24) is 10.3 Å². The zero-order chi connectivity index (χ0) is 12.9. The van der Waals surface area contributed by atoms with Crippen LogP contribution in [0.2, 0.25) is 0 Å². The van der Waals surface area contributed by atoms with Gasteiger partial charge in [0.1, 0.15) is 6.26 Å². The number of oxazole rings is 1. The number of nitrogens with one attached hydrogen (secondary N) is 1. The summed E-state index contributed by atoms with van der Waals surface area (Å²) in [5.41, 5.74) is 2.31. The summed E-state index contributed by atoms with van der Waals surface area (Å²) in [6.45, 7) is 2.25. The molecule has 0 bridgehead atoms. The first-order chi connectivity index (χ1) is 9.40. The molecule has 0 saturated carbocycles. The van der Waals surface area contributed by atoms with E-state index in [-0.39, 0.29) is 0 Å². The average molecular weight is 256 g/mol. The summed E-state index contributed by atoms with van der Waals surface area (Å²) in [7, 11) is 0. The molecule has 1 aliphatic heterocycles. The maximum absolute atomic E-state index is 5.60. The summed E-state index contributed by atoms with van der Waals surface area (Å²) in [6.07, 6.45) is 6.17. The second kappa shape index (κ2) is 6.02. The Hall–Kier alpha value is -1.61. The van der Waals surface area contributed by atoms with Gasteiger partial charge in [0.05, 0.1) is 5.69 Å². The van der Waals surface area contributed by atoms with E-state index in [4.69, 9.17) is 4.42 Å². The zero-order valence-electron chi connectivity index (χ0n) is 11.1. The Morgan fingerprint density at radius 2 is 2.16 bits per heavy atom. The van der Waals surface area contributed by atoms with Gasteiger partial charge in [-0.2, -0.15) is 0 Å². The van der Waals surface area contributed by atoms with Gasteiger partial charge in [-0.15, -0.1) is 0 Å². The van der Waals surface area contributed by atoms with Gasteiger partial charge in [0, 0.05) is 12.8 Å². The quantitative estimate of drug-likeness (QED) is 0.914. The molecule has 0 amide bonds. The standard InChI is InChI=1S/C16H20N2O/c1-2-5-13(6-3-1)9-15-12-19-16(18-15)10-14-7-4-8-17-11-14/h1-3,5-6,12,14,17H,4,7-11H2. The maximum atomic E-state index is 5.60. The van der Waals surface area contributed by atoms with Gasteiger partial charge in [-0.3, -0.25) is 0 Å². The van der Waals surface area contributed by atoms with Crippen molar-refractivity contribution in [2.24, 2.45) is 5.92 Å². The lowest BCUT2D eigenvalue weighted by molar-refractivity contribution is 0.345. The first-order valence-corrected chi connectivity index (χ1v) is 7.08. The van der Waals surface area contributed by atoms with Crippen molar-refractivity contribution in [1.29, 1.82) is 0 Å². The maximum Gasteiger partial charge on any atom is 0.194 e. The average Bonchev–Trinajstić information content (AvgIpc) is 2.88. The summed E-state index contributed by atoms with van der Waals surface area (Å²) in [5.74, 6) is 1.57. The van der Waals surface area contributed by atoms with Gasteiger partial charge in [-0.05, 0) is 37.4 Å². The third-order valence-corrected chi connectivity index (χ3v) is 3.69. The van der Waals surface area contributed by atoms with Crippen LogP contribution in [0, 0.1) is 5.92 Å². The summed E-state index contributed by atoms with van der Waals surface area (Å²) >= 11 is 0. The van der Waals surface area contributed by atoms with Crippen LogP contribution in [0.1, 0.15) is 30.0 Å². The molecule has 1 aliphatic rings. The molecule has 1 aromatic carbocycles. The number of hydrogen-bond donors (Lipinski definition) is 1. The number of nitrogens with zero attached hydrogens (tertiary/aromatic N) is 1. The molecule has 1 aromatic heterocycles. The Morgan fingerprint density at radius 1 is 1.26 bits per heavy atom. The van der Waals surface area contributed by atoms with Crippen LogP contribution in [0.5, 0.6) is 0 Å². The van der Waals surface area contributed by atoms with Crippen molar-refractivity contribution in [3.05, 3.63) is 53.7 Å². The van der Waals surface area contributed by atoms with Crippen LogP contribution in [0.3, 0.4) is 0 Å². The summed E-state index contributed by atoms with van der Waals surface area (Å²) < 4.78 is 5.60. The van der Waals surface area contributed by atoms with Crippen LogP contribution in [-0.4, -0.2) is 18.1 Å². The molecule has 3 rings (SSSR count). The first kappa shape index (κ1) is 12.4. The van der Waals surface area contributed by atoms with E-state index in [9.17, 15) is 0 Å². The van der Waals surface area contributed by atoms with Gasteiger partial charge in [0.2, 0.25) is 0 Å². The minimum atomic E-state index is 0.678. The summed E-state index contributed by atoms with van der Waals surface area (Å²) in [5, 5.41) is 3.43. The third kappa shape index (κ3) is 3.44. The second-order valence-electron chi connectivity index (χ2n) is 5.31. The van der Waals surface area contributed by atoms with E-state index < -0.39 is 0 Å². The van der Waals surface area contributed by atoms with E-state index in [1.807, 2.05) is 6.07 Å². The van der Waals surface area contributed by atoms with Crippen molar-refractivity contribution in [3.63, 3.8) is 0 Å². The highest BCUT2D eigenvalue weighted by Gasteiger charge is 2.16. The van der Waals surface area contributed by atoms with Crippen LogP contribution in [0.15, 0.2) is 41.0 Å². The second-order valence-corrected chi connectivity index (χ2v) is 5.31. The van der Waals surface area contributed by atoms with Gasteiger partial charge in [0.25, 0.3) is 0 Å². The van der Waals surface area contributed by atoms with Gasteiger partial charge in [0.15, 0.2) is 5.89 Å². The zero-order valence-corrected chi connectivity index (χ0v) is 11.1. The van der Waals surface area contributed by atoms with Gasteiger partial charge >= 0.3 is 0 Å². The van der Waals surface area contributed by atoms with Crippen molar-refractivity contribution in [3.8, 4) is 0 Å². The monoisotopic (exact) mass is 256 g/mol. The smallest absolute Gasteiger partial charge is 0.194 e. The van der Waals surface area contributed by atoms with E-state index in [1.165, 1.54) is 18.4 Å². The van der Waals surface area contributed by atoms with Crippen molar-refractivity contribution >= 4 is 0 Å². The fourth-order valence-electron chi connectivity index (χ4n) is 2.67. The number of hydrogen-bond acceptors (Lipinski definition) is 3. The highest BCUT2D eigenvalue weighted by molar-refractivity contribution is 5.20. The normalized spacial score (nSPS) is 19.5. The van der Waals surface area contributed by atoms with Crippen molar-refractivity contribution in [2.75, 3.05) is 13.1 Å². The topological polar surface area (TPSA) is 38.1 Å². The molecule has 1 N–H and O–H groups in total. The molecule has 1 saturated heterocycles. The predicted octanol–water partition coefficient (Wildman–Crippen LogP) is 2.81. The Balaban J connectivity index is 1.59. The van der Waals surface area contributed by atoms with E-state index in [1.54, 1.807) is 6.26 Å². The molecule has 1 unspecified atom stereocenters. The Kier molecular flexibility index (Phi) is 3.94. The van der Waals surface area contributed by atoms with E-state index >= 15 is 0 Å². The molecule has 2 aromatic rings. The number of piperidine rings is 1. The molecule has 100 valence electrons. The predicted molar refractivity (Wildman–Crippen MR) is 75.0 cm³/mol. The highest BCUT2D eigenvalue weighted by Crippen LogP contribution is 2.17.